The number of nitrogens with one attached hydrogen (secondary N) is 2. The molecule has 3 heteroatoms. The van der Waals surface area contributed by atoms with E-state index < -0.39 is 0 Å². The van der Waals surface area contributed by atoms with Crippen LogP contribution >= 0.6 is 0 Å². The molecule has 0 aliphatic heterocycles. The van der Waals surface area contributed by atoms with Crippen molar-refractivity contribution in [2.75, 3.05) is 17.7 Å². The molecule has 0 bridgehead atoms. The molecule has 0 unspecified atom stereocenters. The number of amides is 1. The van der Waals surface area contributed by atoms with Crippen LogP contribution in [-0.2, 0) is 4.79 Å². The van der Waals surface area contributed by atoms with Gasteiger partial charge >= 0.3 is 0 Å². The second-order valence-corrected chi connectivity index (χ2v) is 2.06. The molecule has 0 atom stereocenters. The maximum Gasteiger partial charge on any atom is 0.211 e. The van der Waals surface area contributed by atoms with E-state index in [0.29, 0.717) is 6.41 Å². The van der Waals surface area contributed by atoms with Crippen molar-refractivity contribution in [2.24, 2.45) is 0 Å². The smallest absolute Gasteiger partial charge is 0.211 e. The highest BCUT2D eigenvalue weighted by molar-refractivity contribution is 5.80. The number of benzene rings is 1. The van der Waals surface area contributed by atoms with Gasteiger partial charge in [-0.3, -0.25) is 4.79 Å². The molecule has 0 saturated carbocycles. The molecule has 66 valence electrons. The predicted octanol–water partition coefficient (Wildman–Crippen LogP) is 1.93. The van der Waals surface area contributed by atoms with Gasteiger partial charge in [-0.1, -0.05) is 19.6 Å². The summed E-state index contributed by atoms with van der Waals surface area (Å²) in [5.74, 6) is 0. The monoisotopic (exact) mass is 166 g/mol. The Bertz CT molecular complexity index is 248. The molecule has 0 fully saturated rings. The van der Waals surface area contributed by atoms with Crippen molar-refractivity contribution < 1.29 is 4.79 Å². The molecule has 12 heavy (non-hydrogen) atoms. The average molecular weight is 166 g/mol. The Morgan fingerprint density at radius 3 is 2.33 bits per heavy atom. The zero-order valence-corrected chi connectivity index (χ0v) is 6.29. The van der Waals surface area contributed by atoms with E-state index in [2.05, 4.69) is 10.6 Å². The van der Waals surface area contributed by atoms with Crippen LogP contribution in [0.15, 0.2) is 24.3 Å². The van der Waals surface area contributed by atoms with Crippen LogP contribution in [0, 0.1) is 0 Å². The summed E-state index contributed by atoms with van der Waals surface area (Å²) in [5.41, 5.74) is 1.71. The zero-order chi connectivity index (χ0) is 8.10. The number of carbonyl (C=O) groups excluding carboxylic acids is 1. The van der Waals surface area contributed by atoms with Crippen molar-refractivity contribution in [3.63, 3.8) is 0 Å². The third-order valence-electron chi connectivity index (χ3n) is 1.41. The van der Waals surface area contributed by atoms with Gasteiger partial charge in [-0.15, -0.1) is 0 Å². The number of carbonyl (C=O) groups is 1. The average Bonchev–Trinajstić information content (AvgIpc) is 2.06. The van der Waals surface area contributed by atoms with Gasteiger partial charge < -0.3 is 10.6 Å². The van der Waals surface area contributed by atoms with Gasteiger partial charge in [0, 0.05) is 7.05 Å². The first-order valence-electron chi connectivity index (χ1n) is 3.35. The Balaban J connectivity index is 0.00000121. The molecule has 0 aromatic heterocycles. The standard InChI is InChI=1S/C8H10N2O.CH4/c1-9-7-4-2-3-5-8(7)10-6-11;/h2-6,9H,1H3,(H,10,11);1H4. The molecular weight excluding hydrogens is 152 g/mol. The lowest BCUT2D eigenvalue weighted by molar-refractivity contribution is -0.105. The quantitative estimate of drug-likeness (QED) is 0.674. The summed E-state index contributed by atoms with van der Waals surface area (Å²) in [4.78, 5) is 10.1. The maximum atomic E-state index is 10.1. The summed E-state index contributed by atoms with van der Waals surface area (Å²) in [6, 6.07) is 7.50. The van der Waals surface area contributed by atoms with Crippen LogP contribution in [0.5, 0.6) is 0 Å². The van der Waals surface area contributed by atoms with Crippen molar-refractivity contribution in [1.29, 1.82) is 0 Å². The summed E-state index contributed by atoms with van der Waals surface area (Å²) >= 11 is 0. The van der Waals surface area contributed by atoms with Crippen molar-refractivity contribution in [2.45, 2.75) is 7.43 Å². The third kappa shape index (κ3) is 2.27. The molecule has 0 aliphatic rings. The lowest BCUT2D eigenvalue weighted by Crippen LogP contribution is -1.98. The van der Waals surface area contributed by atoms with Gasteiger partial charge in [0.1, 0.15) is 0 Å². The fourth-order valence-corrected chi connectivity index (χ4v) is 0.890. The second kappa shape index (κ2) is 5.18. The summed E-state index contributed by atoms with van der Waals surface area (Å²) in [7, 11) is 1.81. The van der Waals surface area contributed by atoms with Crippen LogP contribution in [0.3, 0.4) is 0 Å². The Kier molecular flexibility index (Phi) is 4.53. The first-order valence-corrected chi connectivity index (χ1v) is 3.35. The van der Waals surface area contributed by atoms with E-state index in [9.17, 15) is 4.79 Å². The van der Waals surface area contributed by atoms with Gasteiger partial charge in [0.05, 0.1) is 11.4 Å². The van der Waals surface area contributed by atoms with E-state index in [1.54, 1.807) is 0 Å². The minimum atomic E-state index is 0. The van der Waals surface area contributed by atoms with Crippen molar-refractivity contribution in [3.8, 4) is 0 Å². The second-order valence-electron chi connectivity index (χ2n) is 2.06. The van der Waals surface area contributed by atoms with Gasteiger partial charge in [0.25, 0.3) is 0 Å². The fourth-order valence-electron chi connectivity index (χ4n) is 0.890. The van der Waals surface area contributed by atoms with Crippen LogP contribution in [0.25, 0.3) is 0 Å². The molecule has 1 rings (SSSR count). The molecule has 0 aliphatic carbocycles. The normalized spacial score (nSPS) is 8.08. The van der Waals surface area contributed by atoms with E-state index in [-0.39, 0.29) is 7.43 Å². The van der Waals surface area contributed by atoms with Gasteiger partial charge in [-0.05, 0) is 12.1 Å². The molecule has 2 N–H and O–H groups in total. The number of rotatable bonds is 3. The highest BCUT2D eigenvalue weighted by atomic mass is 16.1. The molecule has 0 radical (unpaired) electrons. The van der Waals surface area contributed by atoms with Crippen LogP contribution in [0.2, 0.25) is 0 Å². The summed E-state index contributed by atoms with van der Waals surface area (Å²) < 4.78 is 0. The lowest BCUT2D eigenvalue weighted by atomic mass is 10.3. The summed E-state index contributed by atoms with van der Waals surface area (Å²) in [6.45, 7) is 0. The van der Waals surface area contributed by atoms with E-state index in [1.807, 2.05) is 31.3 Å². The van der Waals surface area contributed by atoms with E-state index in [1.165, 1.54) is 0 Å². The highest BCUT2D eigenvalue weighted by Crippen LogP contribution is 2.18. The topological polar surface area (TPSA) is 41.1 Å². The van der Waals surface area contributed by atoms with Crippen LogP contribution in [0.1, 0.15) is 7.43 Å². The number of hydrogen-bond acceptors (Lipinski definition) is 2. The van der Waals surface area contributed by atoms with Crippen LogP contribution in [-0.4, -0.2) is 13.5 Å². The van der Waals surface area contributed by atoms with Crippen molar-refractivity contribution in [1.82, 2.24) is 0 Å². The SMILES string of the molecule is C.CNc1ccccc1NC=O. The molecule has 0 saturated heterocycles. The number of hydrogen-bond donors (Lipinski definition) is 2. The predicted molar refractivity (Wildman–Crippen MR) is 52.4 cm³/mol. The molecule has 3 nitrogen and oxygen atoms in total. The molecule has 0 heterocycles. The van der Waals surface area contributed by atoms with Gasteiger partial charge in [-0.25, -0.2) is 0 Å². The molecule has 1 amide bonds. The maximum absolute atomic E-state index is 10.1. The van der Waals surface area contributed by atoms with Crippen LogP contribution < -0.4 is 10.6 Å². The minimum Gasteiger partial charge on any atom is -0.386 e. The number of para-hydroxylation sites is 2. The highest BCUT2D eigenvalue weighted by Gasteiger charge is 1.94. The summed E-state index contributed by atoms with van der Waals surface area (Å²) in [5, 5.41) is 5.54. The molecule has 0 spiro atoms. The Morgan fingerprint density at radius 1 is 1.25 bits per heavy atom. The largest absolute Gasteiger partial charge is 0.386 e. The zero-order valence-electron chi connectivity index (χ0n) is 6.29. The molecule has 1 aromatic rings. The Hall–Kier alpha value is -1.51. The first kappa shape index (κ1) is 10.5. The molecular formula is C9H14N2O. The van der Waals surface area contributed by atoms with Gasteiger partial charge in [-0.2, -0.15) is 0 Å². The molecule has 1 aromatic carbocycles. The number of anilines is 2. The minimum absolute atomic E-state index is 0. The van der Waals surface area contributed by atoms with Gasteiger partial charge in [0.15, 0.2) is 0 Å². The first-order chi connectivity index (χ1) is 5.38. The van der Waals surface area contributed by atoms with Gasteiger partial charge in [0.2, 0.25) is 6.41 Å². The van der Waals surface area contributed by atoms with E-state index in [0.717, 1.165) is 11.4 Å². The van der Waals surface area contributed by atoms with Crippen molar-refractivity contribution in [3.05, 3.63) is 24.3 Å². The Labute approximate surface area is 72.8 Å². The van der Waals surface area contributed by atoms with Crippen LogP contribution in [0.4, 0.5) is 11.4 Å². The van der Waals surface area contributed by atoms with E-state index in [4.69, 9.17) is 0 Å². The van der Waals surface area contributed by atoms with Crippen molar-refractivity contribution >= 4 is 17.8 Å². The third-order valence-corrected chi connectivity index (χ3v) is 1.41. The summed E-state index contributed by atoms with van der Waals surface area (Å²) in [6.07, 6.45) is 0.663. The Morgan fingerprint density at radius 2 is 1.83 bits per heavy atom. The lowest BCUT2D eigenvalue weighted by Gasteiger charge is -2.05. The van der Waals surface area contributed by atoms with E-state index >= 15 is 0 Å². The fraction of sp³-hybridized carbons (Fsp3) is 0.222.